The minimum absolute atomic E-state index is 0.172. The third kappa shape index (κ3) is 3.71. The molecule has 0 fully saturated rings. The molecular weight excluding hydrogens is 312 g/mol. The topological polar surface area (TPSA) is 43.4 Å². The van der Waals surface area contributed by atoms with Crippen molar-refractivity contribution in [1.82, 2.24) is 0 Å². The molecule has 0 bridgehead atoms. The lowest BCUT2D eigenvalue weighted by Gasteiger charge is -2.29. The predicted molar refractivity (Wildman–Crippen MR) is 98.1 cm³/mol. The molecule has 0 spiro atoms. The van der Waals surface area contributed by atoms with Crippen LogP contribution in [-0.2, 0) is 14.3 Å². The van der Waals surface area contributed by atoms with Crippen molar-refractivity contribution in [2.45, 2.75) is 26.2 Å². The number of carbonyl (C=O) groups excluding carboxylic acids is 2. The second-order valence-electron chi connectivity index (χ2n) is 6.39. The maximum absolute atomic E-state index is 12.8. The lowest BCUT2D eigenvalue weighted by Crippen LogP contribution is -2.34. The first-order valence-corrected chi connectivity index (χ1v) is 8.63. The van der Waals surface area contributed by atoms with Gasteiger partial charge < -0.3 is 4.74 Å². The number of rotatable bonds is 4. The fourth-order valence-electron chi connectivity index (χ4n) is 3.37. The summed E-state index contributed by atoms with van der Waals surface area (Å²) >= 11 is 0. The van der Waals surface area contributed by atoms with E-state index in [1.807, 2.05) is 61.5 Å². The van der Waals surface area contributed by atoms with Crippen molar-refractivity contribution in [1.29, 1.82) is 0 Å². The summed E-state index contributed by atoms with van der Waals surface area (Å²) in [5.41, 5.74) is 4.17. The monoisotopic (exact) mass is 334 g/mol. The lowest BCUT2D eigenvalue weighted by atomic mass is 9.73. The summed E-state index contributed by atoms with van der Waals surface area (Å²) in [5.74, 6) is -1.57. The summed E-state index contributed by atoms with van der Waals surface area (Å²) in [5, 5.41) is 0. The van der Waals surface area contributed by atoms with E-state index in [-0.39, 0.29) is 18.3 Å². The number of aryl methyl sites for hydroxylation is 1. The molecule has 3 nitrogen and oxygen atoms in total. The van der Waals surface area contributed by atoms with Crippen molar-refractivity contribution < 1.29 is 14.3 Å². The van der Waals surface area contributed by atoms with Gasteiger partial charge in [0.25, 0.3) is 0 Å². The summed E-state index contributed by atoms with van der Waals surface area (Å²) in [7, 11) is 0. The standard InChI is InChI=1S/C22H22O3/c1-3-25-22(24)21-19(17-7-5-4-6-8-17)13-18(14-20(21)23)16-11-9-15(2)10-12-16/h4-12,14,19,21H,3,13H2,1-2H3/t19-,21-/m1/s1. The van der Waals surface area contributed by atoms with Crippen molar-refractivity contribution in [3.8, 4) is 0 Å². The maximum Gasteiger partial charge on any atom is 0.317 e. The van der Waals surface area contributed by atoms with Crippen LogP contribution in [0.5, 0.6) is 0 Å². The number of allylic oxidation sites excluding steroid dienone is 2. The predicted octanol–water partition coefficient (Wildman–Crippen LogP) is 4.31. The van der Waals surface area contributed by atoms with Crippen LogP contribution >= 0.6 is 0 Å². The average Bonchev–Trinajstić information content (AvgIpc) is 2.62. The number of benzene rings is 2. The molecular formula is C22H22O3. The molecule has 3 rings (SSSR count). The minimum atomic E-state index is -0.767. The number of hydrogen-bond donors (Lipinski definition) is 0. The highest BCUT2D eigenvalue weighted by Crippen LogP contribution is 2.40. The average molecular weight is 334 g/mol. The van der Waals surface area contributed by atoms with Crippen molar-refractivity contribution in [3.05, 3.63) is 77.4 Å². The summed E-state index contributed by atoms with van der Waals surface area (Å²) in [6.45, 7) is 4.07. The minimum Gasteiger partial charge on any atom is -0.465 e. The van der Waals surface area contributed by atoms with E-state index < -0.39 is 11.9 Å². The van der Waals surface area contributed by atoms with Crippen LogP contribution in [0.15, 0.2) is 60.7 Å². The van der Waals surface area contributed by atoms with E-state index in [4.69, 9.17) is 4.74 Å². The molecule has 25 heavy (non-hydrogen) atoms. The number of carbonyl (C=O) groups is 2. The van der Waals surface area contributed by atoms with E-state index in [1.165, 1.54) is 5.56 Å². The second kappa shape index (κ2) is 7.47. The van der Waals surface area contributed by atoms with Crippen LogP contribution in [-0.4, -0.2) is 18.4 Å². The van der Waals surface area contributed by atoms with Crippen molar-refractivity contribution in [2.75, 3.05) is 6.61 Å². The molecule has 0 heterocycles. The summed E-state index contributed by atoms with van der Waals surface area (Å²) in [6, 6.07) is 17.9. The third-order valence-electron chi connectivity index (χ3n) is 4.66. The van der Waals surface area contributed by atoms with Crippen LogP contribution < -0.4 is 0 Å². The Morgan fingerprint density at radius 1 is 1.08 bits per heavy atom. The zero-order valence-corrected chi connectivity index (χ0v) is 14.6. The summed E-state index contributed by atoms with van der Waals surface area (Å²) in [6.07, 6.45) is 2.26. The number of ether oxygens (including phenoxy) is 1. The molecule has 2 aromatic carbocycles. The second-order valence-corrected chi connectivity index (χ2v) is 6.39. The SMILES string of the molecule is CCOC(=O)[C@H]1C(=O)C=C(c2ccc(C)cc2)C[C@@H]1c1ccccc1. The Kier molecular flexibility index (Phi) is 5.13. The number of esters is 1. The molecule has 1 aliphatic rings. The van der Waals surface area contributed by atoms with Gasteiger partial charge >= 0.3 is 5.97 Å². The van der Waals surface area contributed by atoms with Crippen molar-refractivity contribution >= 4 is 17.3 Å². The highest BCUT2D eigenvalue weighted by Gasteiger charge is 2.39. The van der Waals surface area contributed by atoms with Gasteiger partial charge in [0, 0.05) is 5.92 Å². The fraction of sp³-hybridized carbons (Fsp3) is 0.273. The largest absolute Gasteiger partial charge is 0.465 e. The first-order chi connectivity index (χ1) is 12.1. The quantitative estimate of drug-likeness (QED) is 0.618. The van der Waals surface area contributed by atoms with Gasteiger partial charge in [0.05, 0.1) is 6.61 Å². The molecule has 0 N–H and O–H groups in total. The Bertz CT molecular complexity index is 788. The van der Waals surface area contributed by atoms with E-state index in [1.54, 1.807) is 13.0 Å². The van der Waals surface area contributed by atoms with Gasteiger partial charge in [0.15, 0.2) is 5.78 Å². The Morgan fingerprint density at radius 2 is 1.76 bits per heavy atom. The number of ketones is 1. The molecule has 128 valence electrons. The van der Waals surface area contributed by atoms with E-state index >= 15 is 0 Å². The van der Waals surface area contributed by atoms with Gasteiger partial charge in [-0.3, -0.25) is 9.59 Å². The highest BCUT2D eigenvalue weighted by atomic mass is 16.5. The zero-order chi connectivity index (χ0) is 17.8. The number of hydrogen-bond acceptors (Lipinski definition) is 3. The Morgan fingerprint density at radius 3 is 2.40 bits per heavy atom. The van der Waals surface area contributed by atoms with Crippen molar-refractivity contribution in [3.63, 3.8) is 0 Å². The molecule has 2 atom stereocenters. The van der Waals surface area contributed by atoms with Gasteiger partial charge in [0.2, 0.25) is 0 Å². The van der Waals surface area contributed by atoms with Gasteiger partial charge in [-0.1, -0.05) is 60.2 Å². The zero-order valence-electron chi connectivity index (χ0n) is 14.6. The third-order valence-corrected chi connectivity index (χ3v) is 4.66. The molecule has 0 aliphatic heterocycles. The van der Waals surface area contributed by atoms with E-state index in [0.717, 1.165) is 16.7 Å². The Labute approximate surface area is 148 Å². The first kappa shape index (κ1) is 17.2. The van der Waals surface area contributed by atoms with E-state index in [0.29, 0.717) is 6.42 Å². The van der Waals surface area contributed by atoms with Gasteiger partial charge in [-0.15, -0.1) is 0 Å². The Hall–Kier alpha value is -2.68. The van der Waals surface area contributed by atoms with E-state index in [2.05, 4.69) is 0 Å². The molecule has 2 aromatic rings. The van der Waals surface area contributed by atoms with Crippen LogP contribution in [0.25, 0.3) is 5.57 Å². The Balaban J connectivity index is 2.00. The molecule has 0 radical (unpaired) electrons. The van der Waals surface area contributed by atoms with Gasteiger partial charge in [-0.05, 0) is 43.0 Å². The summed E-state index contributed by atoms with van der Waals surface area (Å²) < 4.78 is 5.17. The molecule has 0 aromatic heterocycles. The van der Waals surface area contributed by atoms with Crippen LogP contribution in [0.4, 0.5) is 0 Å². The maximum atomic E-state index is 12.8. The van der Waals surface area contributed by atoms with E-state index in [9.17, 15) is 9.59 Å². The van der Waals surface area contributed by atoms with Crippen molar-refractivity contribution in [2.24, 2.45) is 5.92 Å². The molecule has 1 aliphatic carbocycles. The summed E-state index contributed by atoms with van der Waals surface area (Å²) in [4.78, 5) is 25.2. The molecule has 3 heteroatoms. The van der Waals surface area contributed by atoms with Crippen LogP contribution in [0.1, 0.15) is 36.0 Å². The van der Waals surface area contributed by atoms with Gasteiger partial charge in [-0.25, -0.2) is 0 Å². The normalized spacial score (nSPS) is 20.1. The fourth-order valence-corrected chi connectivity index (χ4v) is 3.37. The smallest absolute Gasteiger partial charge is 0.317 e. The van der Waals surface area contributed by atoms with Crippen LogP contribution in [0.3, 0.4) is 0 Å². The van der Waals surface area contributed by atoms with Gasteiger partial charge in [-0.2, -0.15) is 0 Å². The highest BCUT2D eigenvalue weighted by molar-refractivity contribution is 6.10. The molecule has 0 unspecified atom stereocenters. The molecule has 0 saturated carbocycles. The lowest BCUT2D eigenvalue weighted by molar-refractivity contribution is -0.151. The first-order valence-electron chi connectivity index (χ1n) is 8.63. The molecule has 0 amide bonds. The molecule has 0 saturated heterocycles. The van der Waals surface area contributed by atoms with Crippen LogP contribution in [0.2, 0.25) is 0 Å². The van der Waals surface area contributed by atoms with Gasteiger partial charge in [0.1, 0.15) is 5.92 Å². The van der Waals surface area contributed by atoms with Crippen LogP contribution in [0, 0.1) is 12.8 Å².